The smallest absolute Gasteiger partial charge is 0.301 e. The maximum Gasteiger partial charge on any atom is 0.301 e. The Morgan fingerprint density at radius 1 is 1.10 bits per heavy atom. The molecule has 3 aliphatic rings. The molecular formula is C35H46F2N8O4. The number of nitriles is 1. The van der Waals surface area contributed by atoms with E-state index in [-0.39, 0.29) is 30.1 Å². The number of piperidine rings is 1. The zero-order valence-electron chi connectivity index (χ0n) is 28.8. The molecule has 3 aromatic rings. The topological polar surface area (TPSA) is 140 Å². The van der Waals surface area contributed by atoms with Crippen molar-refractivity contribution < 1.29 is 28.2 Å². The number of nitrogens with one attached hydrogen (secondary N) is 1. The van der Waals surface area contributed by atoms with E-state index in [1.54, 1.807) is 6.07 Å². The second-order valence-electron chi connectivity index (χ2n) is 11.5. The van der Waals surface area contributed by atoms with Crippen LogP contribution < -0.4 is 15.0 Å². The number of anilines is 3. The van der Waals surface area contributed by atoms with Gasteiger partial charge in [0.15, 0.2) is 11.9 Å². The van der Waals surface area contributed by atoms with Crippen LogP contribution in [0.4, 0.5) is 26.1 Å². The number of halogens is 2. The van der Waals surface area contributed by atoms with Crippen LogP contribution in [0, 0.1) is 11.3 Å². The van der Waals surface area contributed by atoms with Crippen LogP contribution in [-0.2, 0) is 9.53 Å². The van der Waals surface area contributed by atoms with Gasteiger partial charge in [-0.15, -0.1) is 0 Å². The summed E-state index contributed by atoms with van der Waals surface area (Å²) in [6.07, 6.45) is -0.333. The molecule has 3 fully saturated rings. The fourth-order valence-corrected chi connectivity index (χ4v) is 5.93. The largest absolute Gasteiger partial charge is 0.483 e. The summed E-state index contributed by atoms with van der Waals surface area (Å²) in [5, 5.41) is 21.9. The van der Waals surface area contributed by atoms with E-state index in [9.17, 15) is 18.8 Å². The van der Waals surface area contributed by atoms with Crippen molar-refractivity contribution in [3.63, 3.8) is 0 Å². The Morgan fingerprint density at radius 3 is 2.45 bits per heavy atom. The number of carbonyl (C=O) groups excluding carboxylic acids is 1. The lowest BCUT2D eigenvalue weighted by Crippen LogP contribution is -2.60. The summed E-state index contributed by atoms with van der Waals surface area (Å²) < 4.78 is 40.5. The molecule has 3 aliphatic heterocycles. The summed E-state index contributed by atoms with van der Waals surface area (Å²) >= 11 is 0. The molecule has 264 valence electrons. The highest BCUT2D eigenvalue weighted by molar-refractivity contribution is 5.77. The molecule has 0 spiro atoms. The normalized spacial score (nSPS) is 20.4. The van der Waals surface area contributed by atoms with Crippen LogP contribution >= 0.6 is 0 Å². The number of likely N-dealkylation sites (tertiary alicyclic amines) is 1. The summed E-state index contributed by atoms with van der Waals surface area (Å²) in [6, 6.07) is 15.5. The molecular weight excluding hydrogens is 634 g/mol. The average Bonchev–Trinajstić information content (AvgIpc) is 3.11. The number of aromatic nitrogens is 3. The first kappa shape index (κ1) is 37.4. The number of alkyl halides is 2. The summed E-state index contributed by atoms with van der Waals surface area (Å²) in [4.78, 5) is 30.4. The molecule has 14 heteroatoms. The molecule has 12 nitrogen and oxygen atoms in total. The fraction of sp³-hybridized carbons (Fsp3) is 0.514. The maximum absolute atomic E-state index is 14.8. The summed E-state index contributed by atoms with van der Waals surface area (Å²) in [6.45, 7) is 13.1. The minimum atomic E-state index is -3.36. The predicted octanol–water partition coefficient (Wildman–Crippen LogP) is 4.72. The molecule has 2 N–H and O–H groups in total. The van der Waals surface area contributed by atoms with E-state index in [1.807, 2.05) is 45.9 Å². The molecule has 1 aromatic heterocycles. The number of hydrogen-bond acceptors (Lipinski definition) is 11. The van der Waals surface area contributed by atoms with Gasteiger partial charge in [-0.05, 0) is 49.4 Å². The van der Waals surface area contributed by atoms with Crippen molar-refractivity contribution in [2.45, 2.75) is 65.1 Å². The Bertz CT molecular complexity index is 1570. The van der Waals surface area contributed by atoms with Crippen LogP contribution in [-0.4, -0.2) is 112 Å². The molecule has 0 bridgehead atoms. The van der Waals surface area contributed by atoms with Crippen molar-refractivity contribution >= 4 is 23.2 Å². The van der Waals surface area contributed by atoms with E-state index in [2.05, 4.69) is 49.1 Å². The van der Waals surface area contributed by atoms with Crippen molar-refractivity contribution in [1.29, 1.82) is 5.26 Å². The maximum atomic E-state index is 14.8. The molecule has 0 saturated carbocycles. The van der Waals surface area contributed by atoms with Gasteiger partial charge in [0.05, 0.1) is 31.4 Å². The van der Waals surface area contributed by atoms with Gasteiger partial charge in [-0.3, -0.25) is 9.69 Å². The molecule has 0 radical (unpaired) electrons. The summed E-state index contributed by atoms with van der Waals surface area (Å²) in [7, 11) is 0. The number of carbonyl (C=O) groups is 1. The van der Waals surface area contributed by atoms with E-state index >= 15 is 0 Å². The number of amides is 1. The SMILES string of the molecule is CC.CC.C[C@H]1CN(c2ccc(Nc3ncnc(-c4ccc(O[C@H]5CCN(C(=O)CO)CC5(F)F)c(C#N)c4)n3)cc2)CCN1C1COC1. The summed E-state index contributed by atoms with van der Waals surface area (Å²) in [5.74, 6) is -3.54. The van der Waals surface area contributed by atoms with Gasteiger partial charge in [-0.1, -0.05) is 27.7 Å². The highest BCUT2D eigenvalue weighted by Crippen LogP contribution is 2.34. The van der Waals surface area contributed by atoms with Gasteiger partial charge in [0, 0.05) is 55.6 Å². The molecule has 49 heavy (non-hydrogen) atoms. The highest BCUT2D eigenvalue weighted by atomic mass is 19.3. The lowest BCUT2D eigenvalue weighted by Gasteiger charge is -2.47. The second kappa shape index (κ2) is 17.3. The van der Waals surface area contributed by atoms with E-state index in [0.29, 0.717) is 23.6 Å². The van der Waals surface area contributed by atoms with Gasteiger partial charge < -0.3 is 29.7 Å². The molecule has 2 aromatic carbocycles. The van der Waals surface area contributed by atoms with E-state index in [4.69, 9.17) is 14.6 Å². The number of aliphatic hydroxyl groups excluding tert-OH is 1. The highest BCUT2D eigenvalue weighted by Gasteiger charge is 2.47. The van der Waals surface area contributed by atoms with Crippen LogP contribution in [0.1, 0.15) is 46.6 Å². The molecule has 0 unspecified atom stereocenters. The zero-order chi connectivity index (χ0) is 35.6. The van der Waals surface area contributed by atoms with Crippen LogP contribution in [0.2, 0.25) is 0 Å². The quantitative estimate of drug-likeness (QED) is 0.342. The second-order valence-corrected chi connectivity index (χ2v) is 11.5. The van der Waals surface area contributed by atoms with Gasteiger partial charge in [0.25, 0.3) is 0 Å². The molecule has 0 aliphatic carbocycles. The Morgan fingerprint density at radius 2 is 1.84 bits per heavy atom. The summed E-state index contributed by atoms with van der Waals surface area (Å²) in [5.41, 5.74) is 2.46. The van der Waals surface area contributed by atoms with E-state index in [1.165, 1.54) is 18.5 Å². The van der Waals surface area contributed by atoms with Gasteiger partial charge in [-0.2, -0.15) is 10.2 Å². The van der Waals surface area contributed by atoms with Gasteiger partial charge in [0.1, 0.15) is 24.8 Å². The van der Waals surface area contributed by atoms with Crippen LogP contribution in [0.5, 0.6) is 5.75 Å². The molecule has 1 amide bonds. The van der Waals surface area contributed by atoms with Crippen molar-refractivity contribution in [2.75, 3.05) is 62.8 Å². The number of nitrogens with zero attached hydrogens (tertiary/aromatic N) is 7. The number of benzene rings is 2. The first-order chi connectivity index (χ1) is 23.7. The first-order valence-electron chi connectivity index (χ1n) is 16.9. The first-order valence-corrected chi connectivity index (χ1v) is 16.9. The third-order valence-electron chi connectivity index (χ3n) is 8.48. The Balaban J connectivity index is 0.00000130. The molecule has 6 rings (SSSR count). The lowest BCUT2D eigenvalue weighted by atomic mass is 10.0. The third-order valence-corrected chi connectivity index (χ3v) is 8.48. The average molecular weight is 681 g/mol. The molecule has 3 saturated heterocycles. The third kappa shape index (κ3) is 8.97. The fourth-order valence-electron chi connectivity index (χ4n) is 5.93. The van der Waals surface area contributed by atoms with E-state index < -0.39 is 31.1 Å². The standard InChI is InChI=1S/C31H34F2N8O4.2C2H6/c1-20-14-39(10-11-41(20)25-16-44-17-25)24-5-3-23(4-6-24)37-30-36-19-35-29(38-30)21-2-7-26(22(12-21)13-34)45-27-8-9-40(28(43)15-42)18-31(27,32)33;2*1-2/h2-7,12,19-20,25,27,42H,8-11,14-18H2,1H3,(H,35,36,37,38);2*1-2H3/t20-,27-;;/m0../s1. The van der Waals surface area contributed by atoms with E-state index in [0.717, 1.165) is 49.1 Å². The van der Waals surface area contributed by atoms with Crippen molar-refractivity contribution in [3.05, 3.63) is 54.4 Å². The Hall–Kier alpha value is -4.45. The number of piperazine rings is 1. The number of ether oxygens (including phenoxy) is 2. The van der Waals surface area contributed by atoms with Gasteiger partial charge >= 0.3 is 5.92 Å². The molecule has 4 heterocycles. The van der Waals surface area contributed by atoms with Crippen molar-refractivity contribution in [1.82, 2.24) is 24.8 Å². The zero-order valence-corrected chi connectivity index (χ0v) is 28.8. The van der Waals surface area contributed by atoms with Crippen LogP contribution in [0.3, 0.4) is 0 Å². The number of rotatable bonds is 8. The Kier molecular flexibility index (Phi) is 13.2. The van der Waals surface area contributed by atoms with Crippen molar-refractivity contribution in [3.8, 4) is 23.2 Å². The predicted molar refractivity (Wildman–Crippen MR) is 183 cm³/mol. The minimum absolute atomic E-state index is 0.00628. The van der Waals surface area contributed by atoms with Crippen LogP contribution in [0.15, 0.2) is 48.8 Å². The minimum Gasteiger partial charge on any atom is -0.483 e. The molecule has 2 atom stereocenters. The Labute approximate surface area is 286 Å². The van der Waals surface area contributed by atoms with Gasteiger partial charge in [0.2, 0.25) is 11.9 Å². The number of aliphatic hydroxyl groups is 1. The van der Waals surface area contributed by atoms with Gasteiger partial charge in [-0.25, -0.2) is 18.7 Å². The van der Waals surface area contributed by atoms with Crippen LogP contribution in [0.25, 0.3) is 11.4 Å². The number of hydrogen-bond donors (Lipinski definition) is 2. The lowest BCUT2D eigenvalue weighted by molar-refractivity contribution is -0.161. The van der Waals surface area contributed by atoms with Crippen molar-refractivity contribution in [2.24, 2.45) is 0 Å². The monoisotopic (exact) mass is 680 g/mol.